The topological polar surface area (TPSA) is 15.6 Å². The smallest absolute Gasteiger partial charge is 0.0649 e. The molecule has 5 aliphatic carbocycles. The van der Waals surface area contributed by atoms with Crippen molar-refractivity contribution < 1.29 is 0 Å². The summed E-state index contributed by atoms with van der Waals surface area (Å²) in [6.45, 7) is 11.4. The van der Waals surface area contributed by atoms with E-state index in [-0.39, 0.29) is 0 Å². The third-order valence-electron chi connectivity index (χ3n) is 11.2. The van der Waals surface area contributed by atoms with E-state index in [4.69, 9.17) is 4.99 Å². The molecule has 1 heterocycles. The van der Waals surface area contributed by atoms with Gasteiger partial charge in [-0.25, -0.2) is 0 Å². The lowest BCUT2D eigenvalue weighted by Crippen LogP contribution is -2.38. The number of hydrogen-bond acceptors (Lipinski definition) is 2. The number of allylic oxidation sites excluding steroid dienone is 14. The lowest BCUT2D eigenvalue weighted by molar-refractivity contribution is 0.150. The van der Waals surface area contributed by atoms with Crippen LogP contribution in [0, 0.1) is 29.6 Å². The van der Waals surface area contributed by atoms with Crippen LogP contribution in [0.4, 0.5) is 0 Å². The third-order valence-corrected chi connectivity index (χ3v) is 11.2. The largest absolute Gasteiger partial charge is 0.303 e. The van der Waals surface area contributed by atoms with Crippen LogP contribution in [0.15, 0.2) is 117 Å². The van der Waals surface area contributed by atoms with Gasteiger partial charge in [-0.15, -0.1) is 5.73 Å². The van der Waals surface area contributed by atoms with Gasteiger partial charge >= 0.3 is 0 Å². The van der Waals surface area contributed by atoms with E-state index < -0.39 is 0 Å². The molecule has 0 bridgehead atoms. The van der Waals surface area contributed by atoms with E-state index in [9.17, 15) is 0 Å². The highest BCUT2D eigenvalue weighted by Gasteiger charge is 2.31. The molecule has 0 spiro atoms. The van der Waals surface area contributed by atoms with Crippen molar-refractivity contribution in [1.29, 1.82) is 0 Å². The van der Waals surface area contributed by atoms with Gasteiger partial charge in [-0.2, -0.15) is 0 Å². The summed E-state index contributed by atoms with van der Waals surface area (Å²) in [5.41, 5.74) is 13.6. The summed E-state index contributed by atoms with van der Waals surface area (Å²) < 4.78 is 0. The molecule has 6 aliphatic rings. The van der Waals surface area contributed by atoms with Crippen molar-refractivity contribution in [3.8, 4) is 0 Å². The van der Waals surface area contributed by atoms with Gasteiger partial charge in [0, 0.05) is 18.2 Å². The highest BCUT2D eigenvalue weighted by molar-refractivity contribution is 6.01. The predicted molar refractivity (Wildman–Crippen MR) is 193 cm³/mol. The summed E-state index contributed by atoms with van der Waals surface area (Å²) in [5.74, 6) is 3.46. The van der Waals surface area contributed by atoms with E-state index in [1.807, 2.05) is 0 Å². The van der Waals surface area contributed by atoms with Crippen molar-refractivity contribution in [2.45, 2.75) is 91.4 Å². The second-order valence-corrected chi connectivity index (χ2v) is 14.5. The van der Waals surface area contributed by atoms with E-state index >= 15 is 0 Å². The first-order valence-electron chi connectivity index (χ1n) is 18.3. The maximum absolute atomic E-state index is 4.99. The van der Waals surface area contributed by atoms with Crippen LogP contribution in [0.5, 0.6) is 0 Å². The van der Waals surface area contributed by atoms with Crippen LogP contribution in [-0.2, 0) is 0 Å². The van der Waals surface area contributed by atoms with E-state index in [1.165, 1.54) is 101 Å². The minimum absolute atomic E-state index is 0.546. The van der Waals surface area contributed by atoms with Gasteiger partial charge in [-0.05, 0) is 142 Å². The Balaban J connectivity index is 0.970. The number of nitrogens with zero attached hydrogens (tertiary/aromatic N) is 2. The predicted octanol–water partition coefficient (Wildman–Crippen LogP) is 10.6. The first kappa shape index (κ1) is 32.0. The molecule has 3 unspecified atom stereocenters. The maximum atomic E-state index is 4.99. The van der Waals surface area contributed by atoms with Crippen molar-refractivity contribution in [2.75, 3.05) is 26.2 Å². The van der Waals surface area contributed by atoms with Gasteiger partial charge < -0.3 is 4.90 Å². The minimum Gasteiger partial charge on any atom is -0.303 e. The first-order chi connectivity index (χ1) is 22.1. The standard InChI is InChI=1S/C43H56N2/c1-4-10-42-29-35(16-24-43(42)41-22-23-41)31-45-27-25-37(26-28-45)32(2)36-14-9-11-34(15-17-36)30-44-33(3)38-18-20-40(21-19-38)39-12-7-5-6-8-13-39/h5,7,11-12,14-20,24,32,35,37,40-41H,4,6,8,10,13,21-23,25-31H2,1-3H3. The summed E-state index contributed by atoms with van der Waals surface area (Å²) in [4.78, 5) is 7.74. The zero-order valence-corrected chi connectivity index (χ0v) is 28.3. The number of aliphatic imine (C=N–C) groups is 1. The van der Waals surface area contributed by atoms with Gasteiger partial charge in [-0.1, -0.05) is 92.2 Å². The summed E-state index contributed by atoms with van der Waals surface area (Å²) in [5, 5.41) is 0. The number of rotatable bonds is 11. The monoisotopic (exact) mass is 600 g/mol. The summed E-state index contributed by atoms with van der Waals surface area (Å²) >= 11 is 0. The molecule has 0 radical (unpaired) electrons. The summed E-state index contributed by atoms with van der Waals surface area (Å²) in [6.07, 6.45) is 42.1. The highest BCUT2D eigenvalue weighted by atomic mass is 15.1. The van der Waals surface area contributed by atoms with Crippen LogP contribution in [0.3, 0.4) is 0 Å². The van der Waals surface area contributed by atoms with E-state index in [1.54, 1.807) is 16.7 Å². The molecule has 6 rings (SSSR count). The van der Waals surface area contributed by atoms with Crippen molar-refractivity contribution in [3.05, 3.63) is 112 Å². The lowest BCUT2D eigenvalue weighted by Gasteiger charge is -2.37. The fourth-order valence-corrected chi connectivity index (χ4v) is 8.09. The molecule has 0 aromatic rings. The molecule has 3 atom stereocenters. The van der Waals surface area contributed by atoms with Gasteiger partial charge in [0.05, 0.1) is 6.54 Å². The fourth-order valence-electron chi connectivity index (χ4n) is 8.09. The normalized spacial score (nSPS) is 27.1. The molecule has 0 aromatic carbocycles. The van der Waals surface area contributed by atoms with Gasteiger partial charge in [0.2, 0.25) is 0 Å². The first-order valence-corrected chi connectivity index (χ1v) is 18.3. The number of likely N-dealkylation sites (tertiary alicyclic amines) is 1. The van der Waals surface area contributed by atoms with Crippen LogP contribution in [0.25, 0.3) is 0 Å². The van der Waals surface area contributed by atoms with Crippen LogP contribution >= 0.6 is 0 Å². The quantitative estimate of drug-likeness (QED) is 0.170. The molecule has 238 valence electrons. The summed E-state index contributed by atoms with van der Waals surface area (Å²) in [7, 11) is 0. The van der Waals surface area contributed by atoms with Crippen molar-refractivity contribution in [1.82, 2.24) is 4.90 Å². The van der Waals surface area contributed by atoms with Gasteiger partial charge in [-0.3, -0.25) is 4.99 Å². The second-order valence-electron chi connectivity index (χ2n) is 14.5. The van der Waals surface area contributed by atoms with E-state index in [0.29, 0.717) is 24.3 Å². The van der Waals surface area contributed by atoms with Gasteiger partial charge in [0.15, 0.2) is 0 Å². The summed E-state index contributed by atoms with van der Waals surface area (Å²) in [6, 6.07) is 0. The highest BCUT2D eigenvalue weighted by Crippen LogP contribution is 2.43. The average Bonchev–Trinajstić information content (AvgIpc) is 3.94. The zero-order chi connectivity index (χ0) is 31.0. The minimum atomic E-state index is 0.546. The van der Waals surface area contributed by atoms with E-state index in [0.717, 1.165) is 24.0 Å². The third kappa shape index (κ3) is 8.66. The van der Waals surface area contributed by atoms with Crippen LogP contribution in [0.1, 0.15) is 91.4 Å². The molecule has 0 amide bonds. The molecule has 1 saturated heterocycles. The Hall–Kier alpha value is -2.93. The Morgan fingerprint density at radius 1 is 1.04 bits per heavy atom. The fraction of sp³-hybridized carbons (Fsp3) is 0.535. The Morgan fingerprint density at radius 3 is 2.69 bits per heavy atom. The number of hydrogen-bond donors (Lipinski definition) is 0. The number of piperidine rings is 1. The maximum Gasteiger partial charge on any atom is 0.0649 e. The SMILES string of the molecule is CCCC1=C(C2CC2)C=CC(CN2CCC(C(C)C3=CC=C(CN=C(C)C4=CCC(C5=CC=CCCC5)C=C4)C=C=C3)CC2)C1. The molecule has 0 N–H and O–H groups in total. The van der Waals surface area contributed by atoms with Crippen molar-refractivity contribution in [2.24, 2.45) is 34.6 Å². The van der Waals surface area contributed by atoms with Gasteiger partial charge in [0.25, 0.3) is 0 Å². The molecule has 1 saturated carbocycles. The Labute approximate surface area is 274 Å². The lowest BCUT2D eigenvalue weighted by atomic mass is 9.80. The molecular formula is C43H56N2. The Morgan fingerprint density at radius 2 is 1.91 bits per heavy atom. The molecule has 2 heteroatoms. The van der Waals surface area contributed by atoms with Crippen molar-refractivity contribution in [3.63, 3.8) is 0 Å². The molecule has 1 aliphatic heterocycles. The Kier molecular flexibility index (Phi) is 11.1. The molecular weight excluding hydrogens is 544 g/mol. The molecule has 45 heavy (non-hydrogen) atoms. The van der Waals surface area contributed by atoms with Crippen molar-refractivity contribution >= 4 is 5.71 Å². The molecule has 2 nitrogen and oxygen atoms in total. The second kappa shape index (κ2) is 15.6. The molecule has 0 aromatic heterocycles. The van der Waals surface area contributed by atoms with Crippen LogP contribution in [0.2, 0.25) is 0 Å². The van der Waals surface area contributed by atoms with Crippen LogP contribution < -0.4 is 0 Å². The molecule has 2 fully saturated rings. The Bertz CT molecular complexity index is 1410. The van der Waals surface area contributed by atoms with Gasteiger partial charge in [0.1, 0.15) is 0 Å². The average molecular weight is 601 g/mol. The van der Waals surface area contributed by atoms with E-state index in [2.05, 4.69) is 104 Å². The zero-order valence-electron chi connectivity index (χ0n) is 28.3. The van der Waals surface area contributed by atoms with Crippen LogP contribution in [-0.4, -0.2) is 36.8 Å².